The SMILES string of the molecule is CC1(C)OC[C@H]([C@@H]2CCC(=O)C2)O1. The van der Waals surface area contributed by atoms with Crippen LogP contribution in [0, 0.1) is 5.92 Å². The Morgan fingerprint density at radius 3 is 2.69 bits per heavy atom. The van der Waals surface area contributed by atoms with Gasteiger partial charge in [-0.3, -0.25) is 4.79 Å². The summed E-state index contributed by atoms with van der Waals surface area (Å²) in [7, 11) is 0. The summed E-state index contributed by atoms with van der Waals surface area (Å²) in [5.41, 5.74) is 0. The number of carbonyl (C=O) groups is 1. The molecule has 0 unspecified atom stereocenters. The van der Waals surface area contributed by atoms with Crippen molar-refractivity contribution < 1.29 is 14.3 Å². The molecule has 74 valence electrons. The summed E-state index contributed by atoms with van der Waals surface area (Å²) < 4.78 is 11.2. The van der Waals surface area contributed by atoms with Crippen LogP contribution in [0.15, 0.2) is 0 Å². The third-order valence-corrected chi connectivity index (χ3v) is 2.84. The minimum absolute atomic E-state index is 0.140. The molecular formula is C10H16O3. The summed E-state index contributed by atoms with van der Waals surface area (Å²) in [6, 6.07) is 0. The number of rotatable bonds is 1. The highest BCUT2D eigenvalue weighted by Crippen LogP contribution is 2.34. The van der Waals surface area contributed by atoms with Crippen molar-refractivity contribution in [1.29, 1.82) is 0 Å². The minimum atomic E-state index is -0.448. The third-order valence-electron chi connectivity index (χ3n) is 2.84. The Balaban J connectivity index is 1.93. The van der Waals surface area contributed by atoms with Gasteiger partial charge in [0.2, 0.25) is 0 Å². The van der Waals surface area contributed by atoms with Gasteiger partial charge in [0.05, 0.1) is 12.7 Å². The molecule has 3 nitrogen and oxygen atoms in total. The number of ether oxygens (including phenoxy) is 2. The van der Waals surface area contributed by atoms with Crippen molar-refractivity contribution in [3.05, 3.63) is 0 Å². The van der Waals surface area contributed by atoms with Gasteiger partial charge in [-0.2, -0.15) is 0 Å². The monoisotopic (exact) mass is 184 g/mol. The quantitative estimate of drug-likeness (QED) is 0.619. The molecule has 1 saturated heterocycles. The van der Waals surface area contributed by atoms with Gasteiger partial charge in [0.25, 0.3) is 0 Å². The smallest absolute Gasteiger partial charge is 0.163 e. The van der Waals surface area contributed by atoms with Crippen molar-refractivity contribution in [2.75, 3.05) is 6.61 Å². The Labute approximate surface area is 78.4 Å². The van der Waals surface area contributed by atoms with Crippen molar-refractivity contribution >= 4 is 5.78 Å². The second-order valence-electron chi connectivity index (χ2n) is 4.41. The highest BCUT2D eigenvalue weighted by Gasteiger charge is 2.39. The third kappa shape index (κ3) is 1.92. The Kier molecular flexibility index (Phi) is 2.16. The highest BCUT2D eigenvalue weighted by atomic mass is 16.7. The van der Waals surface area contributed by atoms with E-state index in [4.69, 9.17) is 9.47 Å². The predicted octanol–water partition coefficient (Wildman–Crippen LogP) is 1.51. The first-order chi connectivity index (χ1) is 6.07. The van der Waals surface area contributed by atoms with E-state index in [2.05, 4.69) is 0 Å². The van der Waals surface area contributed by atoms with Crippen LogP contribution in [-0.2, 0) is 14.3 Å². The van der Waals surface area contributed by atoms with Gasteiger partial charge < -0.3 is 9.47 Å². The van der Waals surface area contributed by atoms with Crippen LogP contribution in [0.2, 0.25) is 0 Å². The molecule has 2 aliphatic rings. The molecule has 1 aliphatic heterocycles. The maximum atomic E-state index is 11.1. The summed E-state index contributed by atoms with van der Waals surface area (Å²) >= 11 is 0. The molecule has 13 heavy (non-hydrogen) atoms. The molecule has 2 atom stereocenters. The molecule has 0 aromatic carbocycles. The van der Waals surface area contributed by atoms with Crippen LogP contribution < -0.4 is 0 Å². The van der Waals surface area contributed by atoms with Gasteiger partial charge in [0.15, 0.2) is 5.79 Å². The van der Waals surface area contributed by atoms with Crippen LogP contribution in [-0.4, -0.2) is 24.3 Å². The molecule has 0 N–H and O–H groups in total. The Morgan fingerprint density at radius 2 is 2.23 bits per heavy atom. The second kappa shape index (κ2) is 3.07. The van der Waals surface area contributed by atoms with Crippen LogP contribution in [0.4, 0.5) is 0 Å². The first-order valence-corrected chi connectivity index (χ1v) is 4.90. The van der Waals surface area contributed by atoms with Gasteiger partial charge in [-0.1, -0.05) is 0 Å². The van der Waals surface area contributed by atoms with Crippen LogP contribution in [0.1, 0.15) is 33.1 Å². The fourth-order valence-corrected chi connectivity index (χ4v) is 2.11. The molecule has 0 aromatic heterocycles. The van der Waals surface area contributed by atoms with Crippen LogP contribution >= 0.6 is 0 Å². The van der Waals surface area contributed by atoms with E-state index in [9.17, 15) is 4.79 Å². The molecule has 0 aromatic rings. The van der Waals surface area contributed by atoms with Crippen LogP contribution in [0.5, 0.6) is 0 Å². The van der Waals surface area contributed by atoms with Crippen LogP contribution in [0.25, 0.3) is 0 Å². The van der Waals surface area contributed by atoms with Gasteiger partial charge in [-0.15, -0.1) is 0 Å². The zero-order valence-electron chi connectivity index (χ0n) is 8.21. The Hall–Kier alpha value is -0.410. The number of ketones is 1. The lowest BCUT2D eigenvalue weighted by Crippen LogP contribution is -2.25. The predicted molar refractivity (Wildman–Crippen MR) is 47.3 cm³/mol. The minimum Gasteiger partial charge on any atom is -0.348 e. The Morgan fingerprint density at radius 1 is 1.46 bits per heavy atom. The first kappa shape index (κ1) is 9.16. The van der Waals surface area contributed by atoms with E-state index in [1.54, 1.807) is 0 Å². The van der Waals surface area contributed by atoms with Crippen LogP contribution in [0.3, 0.4) is 0 Å². The van der Waals surface area contributed by atoms with Crippen molar-refractivity contribution in [2.45, 2.75) is 45.0 Å². The molecule has 0 spiro atoms. The molecular weight excluding hydrogens is 168 g/mol. The molecule has 3 heteroatoms. The summed E-state index contributed by atoms with van der Waals surface area (Å²) in [4.78, 5) is 11.1. The average molecular weight is 184 g/mol. The van der Waals surface area contributed by atoms with Crippen molar-refractivity contribution in [3.8, 4) is 0 Å². The maximum absolute atomic E-state index is 11.1. The largest absolute Gasteiger partial charge is 0.348 e. The standard InChI is InChI=1S/C10H16O3/c1-10(2)12-6-9(13-10)7-3-4-8(11)5-7/h7,9H,3-6H2,1-2H3/t7-,9-/m1/s1. The van der Waals surface area contributed by atoms with E-state index in [1.165, 1.54) is 0 Å². The summed E-state index contributed by atoms with van der Waals surface area (Å²) in [5, 5.41) is 0. The van der Waals surface area contributed by atoms with E-state index in [0.717, 1.165) is 12.8 Å². The van der Waals surface area contributed by atoms with Crippen molar-refractivity contribution in [2.24, 2.45) is 5.92 Å². The molecule has 2 fully saturated rings. The van der Waals surface area contributed by atoms with Gasteiger partial charge in [0.1, 0.15) is 5.78 Å². The summed E-state index contributed by atoms with van der Waals surface area (Å²) in [5.74, 6) is 0.323. The van der Waals surface area contributed by atoms with Crippen molar-refractivity contribution in [1.82, 2.24) is 0 Å². The average Bonchev–Trinajstić information content (AvgIpc) is 2.56. The zero-order chi connectivity index (χ0) is 9.47. The first-order valence-electron chi connectivity index (χ1n) is 4.90. The van der Waals surface area contributed by atoms with Gasteiger partial charge in [-0.25, -0.2) is 0 Å². The maximum Gasteiger partial charge on any atom is 0.163 e. The molecule has 0 bridgehead atoms. The summed E-state index contributed by atoms with van der Waals surface area (Å²) in [6.45, 7) is 4.48. The number of hydrogen-bond acceptors (Lipinski definition) is 3. The second-order valence-corrected chi connectivity index (χ2v) is 4.41. The van der Waals surface area contributed by atoms with Gasteiger partial charge in [-0.05, 0) is 26.2 Å². The van der Waals surface area contributed by atoms with E-state index in [0.29, 0.717) is 24.7 Å². The number of Topliss-reactive ketones (excluding diaryl/α,β-unsaturated/α-hetero) is 1. The zero-order valence-corrected chi connectivity index (χ0v) is 8.21. The van der Waals surface area contributed by atoms with E-state index in [-0.39, 0.29) is 6.10 Å². The van der Waals surface area contributed by atoms with E-state index < -0.39 is 5.79 Å². The Bertz CT molecular complexity index is 222. The molecule has 0 amide bonds. The van der Waals surface area contributed by atoms with E-state index >= 15 is 0 Å². The normalized spacial score (nSPS) is 38.5. The molecule has 1 heterocycles. The molecule has 1 aliphatic carbocycles. The molecule has 2 rings (SSSR count). The van der Waals surface area contributed by atoms with Gasteiger partial charge >= 0.3 is 0 Å². The van der Waals surface area contributed by atoms with E-state index in [1.807, 2.05) is 13.8 Å². The fraction of sp³-hybridized carbons (Fsp3) is 0.900. The molecule has 0 radical (unpaired) electrons. The molecule has 1 saturated carbocycles. The number of carbonyl (C=O) groups excluding carboxylic acids is 1. The highest BCUT2D eigenvalue weighted by molar-refractivity contribution is 5.80. The lowest BCUT2D eigenvalue weighted by molar-refractivity contribution is -0.144. The topological polar surface area (TPSA) is 35.5 Å². The van der Waals surface area contributed by atoms with Crippen molar-refractivity contribution in [3.63, 3.8) is 0 Å². The summed E-state index contributed by atoms with van der Waals surface area (Å²) in [6.07, 6.45) is 2.53. The fourth-order valence-electron chi connectivity index (χ4n) is 2.11. The lowest BCUT2D eigenvalue weighted by atomic mass is 10.0. The lowest BCUT2D eigenvalue weighted by Gasteiger charge is -2.19. The van der Waals surface area contributed by atoms with Gasteiger partial charge in [0, 0.05) is 12.8 Å². The number of hydrogen-bond donors (Lipinski definition) is 0.